The molecular weight excluding hydrogens is 272 g/mol. The van der Waals surface area contributed by atoms with Gasteiger partial charge in [0.25, 0.3) is 0 Å². The Morgan fingerprint density at radius 3 is 2.14 bits per heavy atom. The number of carbonyl (C=O) groups excluding carboxylic acids is 1. The van der Waals surface area contributed by atoms with E-state index in [4.69, 9.17) is 4.74 Å². The second-order valence-electron chi connectivity index (χ2n) is 6.93. The lowest BCUT2D eigenvalue weighted by Crippen LogP contribution is -2.51. The van der Waals surface area contributed by atoms with Crippen LogP contribution in [0.3, 0.4) is 0 Å². The molecule has 6 heteroatoms. The molecule has 0 aromatic rings. The van der Waals surface area contributed by atoms with Crippen LogP contribution in [0, 0.1) is 5.92 Å². The number of nitrogens with zero attached hydrogens (tertiary/aromatic N) is 1. The van der Waals surface area contributed by atoms with Gasteiger partial charge >= 0.3 is 12.1 Å². The fourth-order valence-corrected chi connectivity index (χ4v) is 2.58. The summed E-state index contributed by atoms with van der Waals surface area (Å²) in [6, 6.07) is -0.415. The van der Waals surface area contributed by atoms with Crippen molar-refractivity contribution in [3.05, 3.63) is 0 Å². The molecule has 21 heavy (non-hydrogen) atoms. The van der Waals surface area contributed by atoms with E-state index < -0.39 is 23.7 Å². The Balaban J connectivity index is 2.59. The Morgan fingerprint density at radius 1 is 1.24 bits per heavy atom. The van der Waals surface area contributed by atoms with Crippen LogP contribution in [0.25, 0.3) is 0 Å². The van der Waals surface area contributed by atoms with E-state index in [1.807, 2.05) is 0 Å². The average Bonchev–Trinajstić information content (AvgIpc) is 2.33. The summed E-state index contributed by atoms with van der Waals surface area (Å²) in [5.74, 6) is -1.05. The van der Waals surface area contributed by atoms with Gasteiger partial charge in [0.05, 0.1) is 0 Å². The molecule has 1 rings (SSSR count). The Morgan fingerprint density at radius 2 is 1.76 bits per heavy atom. The van der Waals surface area contributed by atoms with Crippen LogP contribution in [0.1, 0.15) is 47.5 Å². The molecule has 1 saturated heterocycles. The smallest absolute Gasteiger partial charge is 0.408 e. The van der Waals surface area contributed by atoms with Crippen LogP contribution in [0.5, 0.6) is 0 Å². The van der Waals surface area contributed by atoms with Gasteiger partial charge in [-0.3, -0.25) is 0 Å². The molecule has 1 heterocycles. The number of carbonyl (C=O) groups is 2. The molecule has 0 radical (unpaired) electrons. The summed E-state index contributed by atoms with van der Waals surface area (Å²) in [6.45, 7) is 11.3. The van der Waals surface area contributed by atoms with Crippen LogP contribution < -0.4 is 5.32 Å². The molecule has 1 atom stereocenters. The first-order valence-electron chi connectivity index (χ1n) is 7.56. The topological polar surface area (TPSA) is 78.9 Å². The number of nitrogens with one attached hydrogen (secondary N) is 1. The van der Waals surface area contributed by atoms with E-state index in [1.165, 1.54) is 0 Å². The van der Waals surface area contributed by atoms with Crippen molar-refractivity contribution in [2.45, 2.75) is 65.1 Å². The fourth-order valence-electron chi connectivity index (χ4n) is 2.58. The number of piperidine rings is 1. The second kappa shape index (κ2) is 7.11. The normalized spacial score (nSPS) is 19.3. The number of carboxylic acid groups (broad SMARTS) is 1. The maximum atomic E-state index is 11.8. The highest BCUT2D eigenvalue weighted by Gasteiger charge is 2.34. The van der Waals surface area contributed by atoms with Gasteiger partial charge in [-0.2, -0.15) is 0 Å². The van der Waals surface area contributed by atoms with Gasteiger partial charge in [0.15, 0.2) is 0 Å². The molecule has 0 spiro atoms. The maximum absolute atomic E-state index is 11.8. The summed E-state index contributed by atoms with van der Waals surface area (Å²) in [6.07, 6.45) is 0.872. The molecule has 1 fully saturated rings. The number of alkyl carbamates (subject to hydrolysis) is 1. The van der Waals surface area contributed by atoms with Crippen molar-refractivity contribution in [1.82, 2.24) is 10.2 Å². The lowest BCUT2D eigenvalue weighted by atomic mass is 9.89. The molecule has 1 aliphatic rings. The third-order valence-electron chi connectivity index (χ3n) is 3.71. The SMILES string of the molecule is CC(C)N1CCC(C(NC(=O)OC(C)(C)C)C(=O)O)CC1. The number of hydrogen-bond acceptors (Lipinski definition) is 4. The highest BCUT2D eigenvalue weighted by atomic mass is 16.6. The highest BCUT2D eigenvalue weighted by Crippen LogP contribution is 2.22. The molecule has 1 amide bonds. The summed E-state index contributed by atoms with van der Waals surface area (Å²) < 4.78 is 5.14. The second-order valence-corrected chi connectivity index (χ2v) is 6.93. The molecule has 122 valence electrons. The summed E-state index contributed by atoms with van der Waals surface area (Å²) in [5, 5.41) is 11.9. The number of amides is 1. The minimum Gasteiger partial charge on any atom is -0.480 e. The zero-order chi connectivity index (χ0) is 16.2. The van der Waals surface area contributed by atoms with Crippen LogP contribution >= 0.6 is 0 Å². The Labute approximate surface area is 126 Å². The van der Waals surface area contributed by atoms with Gasteiger partial charge in [-0.05, 0) is 66.5 Å². The van der Waals surface area contributed by atoms with Crippen molar-refractivity contribution >= 4 is 12.1 Å². The Kier molecular flexibility index (Phi) is 6.01. The van der Waals surface area contributed by atoms with Crippen molar-refractivity contribution in [2.24, 2.45) is 5.92 Å². The van der Waals surface area contributed by atoms with Crippen LogP contribution in [0.4, 0.5) is 4.79 Å². The van der Waals surface area contributed by atoms with Crippen molar-refractivity contribution in [3.63, 3.8) is 0 Å². The van der Waals surface area contributed by atoms with Crippen molar-refractivity contribution < 1.29 is 19.4 Å². The van der Waals surface area contributed by atoms with Crippen LogP contribution in [0.15, 0.2) is 0 Å². The number of ether oxygens (including phenoxy) is 1. The van der Waals surface area contributed by atoms with Crippen molar-refractivity contribution in [3.8, 4) is 0 Å². The summed E-state index contributed by atoms with van der Waals surface area (Å²) in [5.41, 5.74) is -0.631. The molecule has 0 aliphatic carbocycles. The summed E-state index contributed by atoms with van der Waals surface area (Å²) in [7, 11) is 0. The number of carboxylic acids is 1. The molecule has 1 unspecified atom stereocenters. The standard InChI is InChI=1S/C15H28N2O4/c1-10(2)17-8-6-11(7-9-17)12(13(18)19)16-14(20)21-15(3,4)5/h10-12H,6-9H2,1-5H3,(H,16,20)(H,18,19). The van der Waals surface area contributed by atoms with Gasteiger partial charge in [0.1, 0.15) is 11.6 Å². The number of likely N-dealkylation sites (tertiary alicyclic amines) is 1. The quantitative estimate of drug-likeness (QED) is 0.831. The van der Waals surface area contributed by atoms with Gasteiger partial charge in [-0.15, -0.1) is 0 Å². The van der Waals surface area contributed by atoms with Gasteiger partial charge in [0.2, 0.25) is 0 Å². The van der Waals surface area contributed by atoms with Gasteiger partial charge in [0, 0.05) is 6.04 Å². The van der Waals surface area contributed by atoms with Gasteiger partial charge in [-0.1, -0.05) is 0 Å². The third-order valence-corrected chi connectivity index (χ3v) is 3.71. The molecule has 2 N–H and O–H groups in total. The average molecular weight is 300 g/mol. The molecular formula is C15H28N2O4. The predicted molar refractivity (Wildman–Crippen MR) is 80.2 cm³/mol. The van der Waals surface area contributed by atoms with Crippen LogP contribution in [-0.2, 0) is 9.53 Å². The molecule has 0 bridgehead atoms. The van der Waals surface area contributed by atoms with E-state index in [0.29, 0.717) is 6.04 Å². The van der Waals surface area contributed by atoms with E-state index in [9.17, 15) is 14.7 Å². The summed E-state index contributed by atoms with van der Waals surface area (Å²) in [4.78, 5) is 25.5. The van der Waals surface area contributed by atoms with E-state index in [0.717, 1.165) is 25.9 Å². The minimum absolute atomic E-state index is 0.0509. The Hall–Kier alpha value is -1.30. The lowest BCUT2D eigenvalue weighted by Gasteiger charge is -2.36. The number of hydrogen-bond donors (Lipinski definition) is 2. The van der Waals surface area contributed by atoms with Crippen molar-refractivity contribution in [1.29, 1.82) is 0 Å². The van der Waals surface area contributed by atoms with Crippen molar-refractivity contribution in [2.75, 3.05) is 13.1 Å². The molecule has 0 aromatic carbocycles. The zero-order valence-electron chi connectivity index (χ0n) is 13.7. The van der Waals surface area contributed by atoms with E-state index in [2.05, 4.69) is 24.1 Å². The molecule has 6 nitrogen and oxygen atoms in total. The maximum Gasteiger partial charge on any atom is 0.408 e. The van der Waals surface area contributed by atoms with E-state index in [-0.39, 0.29) is 5.92 Å². The van der Waals surface area contributed by atoms with Gasteiger partial charge < -0.3 is 20.1 Å². The lowest BCUT2D eigenvalue weighted by molar-refractivity contribution is -0.141. The van der Waals surface area contributed by atoms with Gasteiger partial charge in [-0.25, -0.2) is 9.59 Å². The summed E-state index contributed by atoms with van der Waals surface area (Å²) >= 11 is 0. The molecule has 0 saturated carbocycles. The first kappa shape index (κ1) is 17.8. The third kappa shape index (κ3) is 5.91. The fraction of sp³-hybridized carbons (Fsp3) is 0.867. The number of rotatable bonds is 4. The van der Waals surface area contributed by atoms with E-state index in [1.54, 1.807) is 20.8 Å². The Bertz CT molecular complexity index is 368. The predicted octanol–water partition coefficient (Wildman–Crippen LogP) is 2.08. The first-order chi connectivity index (χ1) is 9.60. The zero-order valence-corrected chi connectivity index (χ0v) is 13.7. The van der Waals surface area contributed by atoms with Crippen LogP contribution in [-0.4, -0.2) is 52.8 Å². The largest absolute Gasteiger partial charge is 0.480 e. The monoisotopic (exact) mass is 300 g/mol. The molecule has 0 aromatic heterocycles. The molecule has 1 aliphatic heterocycles. The first-order valence-corrected chi connectivity index (χ1v) is 7.56. The number of aliphatic carboxylic acids is 1. The van der Waals surface area contributed by atoms with Crippen LogP contribution in [0.2, 0.25) is 0 Å². The highest BCUT2D eigenvalue weighted by molar-refractivity contribution is 5.80. The van der Waals surface area contributed by atoms with E-state index >= 15 is 0 Å². The minimum atomic E-state index is -0.996.